The number of hydrogen-bond acceptors (Lipinski definition) is 1. The molecule has 3 aliphatic rings. The zero-order valence-electron chi connectivity index (χ0n) is 11.7. The van der Waals surface area contributed by atoms with Crippen LogP contribution in [0.4, 0.5) is 0 Å². The summed E-state index contributed by atoms with van der Waals surface area (Å²) in [6, 6.07) is 1.11. The van der Waals surface area contributed by atoms with Crippen molar-refractivity contribution in [3.05, 3.63) is 0 Å². The number of fused-ring (bicyclic) bond motifs is 1. The Morgan fingerprint density at radius 2 is 1.72 bits per heavy atom. The highest BCUT2D eigenvalue weighted by molar-refractivity contribution is 5.77. The van der Waals surface area contributed by atoms with Crippen molar-refractivity contribution in [3.8, 4) is 0 Å². The van der Waals surface area contributed by atoms with Gasteiger partial charge in [0.15, 0.2) is 0 Å². The molecule has 3 fully saturated rings. The molecule has 18 heavy (non-hydrogen) atoms. The van der Waals surface area contributed by atoms with Crippen molar-refractivity contribution in [2.24, 2.45) is 11.8 Å². The molecule has 0 N–H and O–H groups in total. The zero-order valence-corrected chi connectivity index (χ0v) is 11.7. The molecule has 1 amide bonds. The van der Waals surface area contributed by atoms with E-state index in [9.17, 15) is 4.79 Å². The molecule has 0 spiro atoms. The Kier molecular flexibility index (Phi) is 3.63. The minimum Gasteiger partial charge on any atom is -0.337 e. The van der Waals surface area contributed by atoms with Crippen molar-refractivity contribution in [3.63, 3.8) is 0 Å². The van der Waals surface area contributed by atoms with Gasteiger partial charge in [-0.25, -0.2) is 0 Å². The van der Waals surface area contributed by atoms with Gasteiger partial charge in [0.2, 0.25) is 5.91 Å². The summed E-state index contributed by atoms with van der Waals surface area (Å²) in [5.41, 5.74) is 0. The number of amides is 1. The van der Waals surface area contributed by atoms with E-state index in [0.29, 0.717) is 23.9 Å². The van der Waals surface area contributed by atoms with E-state index in [1.807, 2.05) is 0 Å². The number of rotatable bonds is 2. The normalized spacial score (nSPS) is 36.9. The van der Waals surface area contributed by atoms with Crippen LogP contribution in [-0.2, 0) is 4.79 Å². The van der Waals surface area contributed by atoms with Crippen molar-refractivity contribution in [1.29, 1.82) is 0 Å². The number of likely N-dealkylation sites (tertiary alicyclic amines) is 1. The molecule has 0 unspecified atom stereocenters. The van der Waals surface area contributed by atoms with Gasteiger partial charge in [-0.3, -0.25) is 4.79 Å². The topological polar surface area (TPSA) is 20.3 Å². The standard InChI is InChI=1S/C16H27NO/c1-12-10-14-8-4-5-9-15(14)17(12)16(18)11-13-6-2-3-7-13/h12-15H,2-11H2,1H3/t12-,14+,15+/m1/s1. The first-order chi connectivity index (χ1) is 8.75. The molecule has 2 heteroatoms. The van der Waals surface area contributed by atoms with Crippen LogP contribution < -0.4 is 0 Å². The summed E-state index contributed by atoms with van der Waals surface area (Å²) in [6.45, 7) is 2.27. The molecule has 0 aromatic heterocycles. The molecular weight excluding hydrogens is 222 g/mol. The maximum atomic E-state index is 12.6. The molecule has 1 heterocycles. The first kappa shape index (κ1) is 12.5. The summed E-state index contributed by atoms with van der Waals surface area (Å²) in [7, 11) is 0. The van der Waals surface area contributed by atoms with Crippen LogP contribution in [0.2, 0.25) is 0 Å². The highest BCUT2D eigenvalue weighted by atomic mass is 16.2. The van der Waals surface area contributed by atoms with Crippen molar-refractivity contribution in [2.45, 2.75) is 83.2 Å². The maximum Gasteiger partial charge on any atom is 0.223 e. The van der Waals surface area contributed by atoms with Crippen LogP contribution in [0.1, 0.15) is 71.1 Å². The molecule has 2 aliphatic carbocycles. The van der Waals surface area contributed by atoms with Crippen LogP contribution in [0, 0.1) is 11.8 Å². The number of carbonyl (C=O) groups excluding carboxylic acids is 1. The summed E-state index contributed by atoms with van der Waals surface area (Å²) < 4.78 is 0. The third-order valence-electron chi connectivity index (χ3n) is 5.57. The maximum absolute atomic E-state index is 12.6. The highest BCUT2D eigenvalue weighted by Gasteiger charge is 2.42. The lowest BCUT2D eigenvalue weighted by molar-refractivity contribution is -0.135. The molecule has 0 aromatic rings. The Morgan fingerprint density at radius 3 is 2.50 bits per heavy atom. The first-order valence-corrected chi connectivity index (χ1v) is 8.07. The first-order valence-electron chi connectivity index (χ1n) is 8.07. The van der Waals surface area contributed by atoms with Crippen molar-refractivity contribution >= 4 is 5.91 Å². The average molecular weight is 249 g/mol. The van der Waals surface area contributed by atoms with E-state index < -0.39 is 0 Å². The zero-order chi connectivity index (χ0) is 12.5. The minimum atomic E-state index is 0.476. The van der Waals surface area contributed by atoms with Crippen molar-refractivity contribution in [1.82, 2.24) is 4.90 Å². The predicted molar refractivity (Wildman–Crippen MR) is 73.2 cm³/mol. The summed E-state index contributed by atoms with van der Waals surface area (Å²) in [4.78, 5) is 14.9. The molecule has 0 bridgehead atoms. The minimum absolute atomic E-state index is 0.476. The van der Waals surface area contributed by atoms with Crippen LogP contribution in [0.3, 0.4) is 0 Å². The van der Waals surface area contributed by atoms with E-state index in [1.54, 1.807) is 0 Å². The molecule has 2 saturated carbocycles. The fourth-order valence-electron chi connectivity index (χ4n) is 4.71. The van der Waals surface area contributed by atoms with E-state index >= 15 is 0 Å². The largest absolute Gasteiger partial charge is 0.337 e. The molecule has 102 valence electrons. The van der Waals surface area contributed by atoms with Crippen LogP contribution >= 0.6 is 0 Å². The van der Waals surface area contributed by atoms with Crippen LogP contribution in [0.25, 0.3) is 0 Å². The van der Waals surface area contributed by atoms with Gasteiger partial charge in [0.25, 0.3) is 0 Å². The second-order valence-electron chi connectivity index (χ2n) is 6.85. The lowest BCUT2D eigenvalue weighted by Crippen LogP contribution is -2.42. The fraction of sp³-hybridized carbons (Fsp3) is 0.938. The SMILES string of the molecule is C[C@@H]1C[C@@H]2CCCC[C@@H]2N1C(=O)CC1CCCC1. The molecule has 0 radical (unpaired) electrons. The third-order valence-corrected chi connectivity index (χ3v) is 5.57. The van der Waals surface area contributed by atoms with Gasteiger partial charge in [0.1, 0.15) is 0 Å². The smallest absolute Gasteiger partial charge is 0.223 e. The predicted octanol–water partition coefficient (Wildman–Crippen LogP) is 3.75. The monoisotopic (exact) mass is 249 g/mol. The van der Waals surface area contributed by atoms with E-state index in [-0.39, 0.29) is 0 Å². The average Bonchev–Trinajstić information content (AvgIpc) is 2.94. The van der Waals surface area contributed by atoms with Gasteiger partial charge >= 0.3 is 0 Å². The van der Waals surface area contributed by atoms with Gasteiger partial charge in [-0.2, -0.15) is 0 Å². The lowest BCUT2D eigenvalue weighted by atomic mass is 9.84. The van der Waals surface area contributed by atoms with Gasteiger partial charge in [0.05, 0.1) is 0 Å². The van der Waals surface area contributed by atoms with Crippen LogP contribution in [0.15, 0.2) is 0 Å². The van der Waals surface area contributed by atoms with Crippen LogP contribution in [0.5, 0.6) is 0 Å². The van der Waals surface area contributed by atoms with Crippen molar-refractivity contribution in [2.75, 3.05) is 0 Å². The van der Waals surface area contributed by atoms with E-state index in [0.717, 1.165) is 12.3 Å². The summed E-state index contributed by atoms with van der Waals surface area (Å²) in [5.74, 6) is 2.00. The van der Waals surface area contributed by atoms with Gasteiger partial charge in [-0.1, -0.05) is 25.7 Å². The van der Waals surface area contributed by atoms with E-state index in [2.05, 4.69) is 11.8 Å². The Bertz CT molecular complexity index is 308. The van der Waals surface area contributed by atoms with Gasteiger partial charge in [-0.15, -0.1) is 0 Å². The van der Waals surface area contributed by atoms with E-state index in [4.69, 9.17) is 0 Å². The molecule has 2 nitrogen and oxygen atoms in total. The van der Waals surface area contributed by atoms with Gasteiger partial charge < -0.3 is 4.90 Å². The highest BCUT2D eigenvalue weighted by Crippen LogP contribution is 2.40. The summed E-state index contributed by atoms with van der Waals surface area (Å²) >= 11 is 0. The second kappa shape index (κ2) is 5.22. The van der Waals surface area contributed by atoms with Crippen LogP contribution in [-0.4, -0.2) is 22.9 Å². The molecule has 3 atom stereocenters. The Balaban J connectivity index is 1.64. The Hall–Kier alpha value is -0.530. The van der Waals surface area contributed by atoms with Crippen molar-refractivity contribution < 1.29 is 4.79 Å². The molecule has 1 saturated heterocycles. The molecule has 3 rings (SSSR count). The van der Waals surface area contributed by atoms with Gasteiger partial charge in [-0.05, 0) is 50.9 Å². The quantitative estimate of drug-likeness (QED) is 0.730. The molecule has 1 aliphatic heterocycles. The summed E-state index contributed by atoms with van der Waals surface area (Å²) in [6.07, 6.45) is 12.7. The Labute approximate surface area is 111 Å². The number of carbonyl (C=O) groups is 1. The third kappa shape index (κ3) is 2.31. The number of nitrogens with zero attached hydrogens (tertiary/aromatic N) is 1. The lowest BCUT2D eigenvalue weighted by Gasteiger charge is -2.34. The summed E-state index contributed by atoms with van der Waals surface area (Å²) in [5, 5.41) is 0. The number of hydrogen-bond donors (Lipinski definition) is 0. The second-order valence-corrected chi connectivity index (χ2v) is 6.85. The molecule has 0 aromatic carbocycles. The Morgan fingerprint density at radius 1 is 1.06 bits per heavy atom. The van der Waals surface area contributed by atoms with Gasteiger partial charge in [0, 0.05) is 18.5 Å². The molecular formula is C16H27NO. The fourth-order valence-corrected chi connectivity index (χ4v) is 4.71. The van der Waals surface area contributed by atoms with E-state index in [1.165, 1.54) is 57.8 Å².